The fourth-order valence-corrected chi connectivity index (χ4v) is 4.79. The molecule has 0 unspecified atom stereocenters. The van der Waals surface area contributed by atoms with Crippen LogP contribution in [0.4, 0.5) is 11.4 Å². The van der Waals surface area contributed by atoms with Crippen molar-refractivity contribution >= 4 is 33.2 Å². The Morgan fingerprint density at radius 2 is 1.57 bits per heavy atom. The Morgan fingerprint density at radius 1 is 0.865 bits per heavy atom. The molecule has 9 heteroatoms. The predicted octanol–water partition coefficient (Wildman–Crippen LogP) is 4.40. The molecular weight excluding hydrogens is 488 g/mol. The lowest BCUT2D eigenvalue weighted by atomic mass is 10.1. The number of para-hydroxylation sites is 1. The van der Waals surface area contributed by atoms with Gasteiger partial charge in [0.05, 0.1) is 21.8 Å². The highest BCUT2D eigenvalue weighted by Crippen LogP contribution is 2.23. The number of aryl methyl sites for hydroxylation is 1. The summed E-state index contributed by atoms with van der Waals surface area (Å²) in [6.45, 7) is 2.19. The second-order valence-electron chi connectivity index (χ2n) is 8.38. The van der Waals surface area contributed by atoms with E-state index >= 15 is 0 Å². The van der Waals surface area contributed by atoms with Crippen LogP contribution < -0.4 is 14.9 Å². The van der Waals surface area contributed by atoms with Crippen molar-refractivity contribution < 1.29 is 18.0 Å². The largest absolute Gasteiger partial charge is 0.348 e. The lowest BCUT2D eigenvalue weighted by molar-refractivity contribution is 0.0951. The van der Waals surface area contributed by atoms with Crippen molar-refractivity contribution in [2.45, 2.75) is 18.4 Å². The van der Waals surface area contributed by atoms with E-state index in [1.807, 2.05) is 13.0 Å². The van der Waals surface area contributed by atoms with Crippen LogP contribution in [0.5, 0.6) is 0 Å². The van der Waals surface area contributed by atoms with Crippen LogP contribution in [0, 0.1) is 6.92 Å². The summed E-state index contributed by atoms with van der Waals surface area (Å²) < 4.78 is 27.1. The molecule has 0 saturated carbocycles. The zero-order chi connectivity index (χ0) is 26.4. The SMILES string of the molecule is Cc1ccc(S(=O)(=O)N(C)c2ccc(C(=O)Nc3ccccc3C(=O)NCc3cccnc3)cc2)cc1. The molecule has 1 heterocycles. The van der Waals surface area contributed by atoms with Crippen LogP contribution in [-0.2, 0) is 16.6 Å². The van der Waals surface area contributed by atoms with Crippen molar-refractivity contribution in [2.75, 3.05) is 16.7 Å². The van der Waals surface area contributed by atoms with E-state index in [4.69, 9.17) is 0 Å². The molecule has 4 aromatic rings. The van der Waals surface area contributed by atoms with Crippen molar-refractivity contribution in [2.24, 2.45) is 0 Å². The molecule has 0 radical (unpaired) electrons. The molecule has 0 saturated heterocycles. The van der Waals surface area contributed by atoms with Gasteiger partial charge in [0.25, 0.3) is 21.8 Å². The van der Waals surface area contributed by atoms with E-state index in [1.54, 1.807) is 79.1 Å². The predicted molar refractivity (Wildman–Crippen MR) is 143 cm³/mol. The van der Waals surface area contributed by atoms with Crippen molar-refractivity contribution in [1.82, 2.24) is 10.3 Å². The number of nitrogens with zero attached hydrogens (tertiary/aromatic N) is 2. The Morgan fingerprint density at radius 3 is 2.24 bits per heavy atom. The highest BCUT2D eigenvalue weighted by molar-refractivity contribution is 7.92. The smallest absolute Gasteiger partial charge is 0.264 e. The zero-order valence-corrected chi connectivity index (χ0v) is 21.2. The molecule has 188 valence electrons. The number of anilines is 2. The van der Waals surface area contributed by atoms with Gasteiger partial charge in [-0.15, -0.1) is 0 Å². The summed E-state index contributed by atoms with van der Waals surface area (Å²) in [6.07, 6.45) is 3.32. The first-order chi connectivity index (χ1) is 17.8. The molecule has 0 aliphatic carbocycles. The second kappa shape index (κ2) is 11.0. The van der Waals surface area contributed by atoms with Crippen molar-refractivity contribution in [1.29, 1.82) is 0 Å². The average molecular weight is 515 g/mol. The number of hydrogen-bond donors (Lipinski definition) is 2. The minimum absolute atomic E-state index is 0.181. The number of sulfonamides is 1. The topological polar surface area (TPSA) is 108 Å². The molecule has 4 rings (SSSR count). The van der Waals surface area contributed by atoms with E-state index in [-0.39, 0.29) is 10.8 Å². The minimum atomic E-state index is -3.75. The number of aromatic nitrogens is 1. The molecule has 37 heavy (non-hydrogen) atoms. The maximum atomic E-state index is 13.0. The summed E-state index contributed by atoms with van der Waals surface area (Å²) in [5, 5.41) is 5.60. The lowest BCUT2D eigenvalue weighted by Crippen LogP contribution is -2.26. The molecule has 2 N–H and O–H groups in total. The minimum Gasteiger partial charge on any atom is -0.348 e. The number of carbonyl (C=O) groups is 2. The van der Waals surface area contributed by atoms with Crippen LogP contribution >= 0.6 is 0 Å². The molecule has 0 atom stereocenters. The third-order valence-corrected chi connectivity index (χ3v) is 7.57. The van der Waals surface area contributed by atoms with E-state index < -0.39 is 15.9 Å². The average Bonchev–Trinajstić information content (AvgIpc) is 2.92. The first-order valence-electron chi connectivity index (χ1n) is 11.5. The third-order valence-electron chi connectivity index (χ3n) is 5.77. The van der Waals surface area contributed by atoms with Gasteiger partial charge in [-0.25, -0.2) is 8.42 Å². The Bertz CT molecular complexity index is 1500. The van der Waals surface area contributed by atoms with Gasteiger partial charge in [-0.05, 0) is 67.1 Å². The van der Waals surface area contributed by atoms with Crippen LogP contribution in [0.15, 0.2) is 102 Å². The number of amides is 2. The monoisotopic (exact) mass is 514 g/mol. The Hall–Kier alpha value is -4.50. The third kappa shape index (κ3) is 6.02. The fourth-order valence-electron chi connectivity index (χ4n) is 3.59. The van der Waals surface area contributed by atoms with E-state index in [9.17, 15) is 18.0 Å². The highest BCUT2D eigenvalue weighted by Gasteiger charge is 2.21. The zero-order valence-electron chi connectivity index (χ0n) is 20.4. The van der Waals surface area contributed by atoms with Gasteiger partial charge in [0, 0.05) is 31.5 Å². The van der Waals surface area contributed by atoms with Gasteiger partial charge >= 0.3 is 0 Å². The lowest BCUT2D eigenvalue weighted by Gasteiger charge is -2.20. The van der Waals surface area contributed by atoms with Crippen LogP contribution in [-0.4, -0.2) is 32.3 Å². The standard InChI is InChI=1S/C28H26N4O4S/c1-20-9-15-24(16-10-20)37(35,36)32(2)23-13-11-22(12-14-23)27(33)31-26-8-4-3-7-25(26)28(34)30-19-21-6-5-17-29-18-21/h3-18H,19H2,1-2H3,(H,30,34)(H,31,33). The van der Waals surface area contributed by atoms with Crippen molar-refractivity contribution in [3.05, 3.63) is 120 Å². The van der Waals surface area contributed by atoms with E-state index in [2.05, 4.69) is 15.6 Å². The quantitative estimate of drug-likeness (QED) is 0.362. The molecular formula is C28H26N4O4S. The molecule has 0 aliphatic heterocycles. The summed E-state index contributed by atoms with van der Waals surface area (Å²) in [5.41, 5.74) is 3.22. The molecule has 8 nitrogen and oxygen atoms in total. The van der Waals surface area contributed by atoms with Gasteiger partial charge in [-0.2, -0.15) is 0 Å². The molecule has 0 spiro atoms. The number of hydrogen-bond acceptors (Lipinski definition) is 5. The second-order valence-corrected chi connectivity index (χ2v) is 10.3. The van der Waals surface area contributed by atoms with E-state index in [0.717, 1.165) is 11.1 Å². The Kier molecular flexibility index (Phi) is 7.64. The van der Waals surface area contributed by atoms with Crippen molar-refractivity contribution in [3.8, 4) is 0 Å². The summed E-state index contributed by atoms with van der Waals surface area (Å²) in [5.74, 6) is -0.763. The number of nitrogens with one attached hydrogen (secondary N) is 2. The molecule has 0 aliphatic rings. The van der Waals surface area contributed by atoms with Crippen LogP contribution in [0.2, 0.25) is 0 Å². The molecule has 2 amide bonds. The van der Waals surface area contributed by atoms with Gasteiger partial charge in [-0.1, -0.05) is 35.9 Å². The summed E-state index contributed by atoms with van der Waals surface area (Å²) in [4.78, 5) is 29.9. The fraction of sp³-hybridized carbons (Fsp3) is 0.107. The van der Waals surface area contributed by atoms with Gasteiger partial charge in [-0.3, -0.25) is 18.9 Å². The van der Waals surface area contributed by atoms with Crippen molar-refractivity contribution in [3.63, 3.8) is 0 Å². The summed E-state index contributed by atoms with van der Waals surface area (Å²) >= 11 is 0. The van der Waals surface area contributed by atoms with Crippen LogP contribution in [0.3, 0.4) is 0 Å². The normalized spacial score (nSPS) is 11.0. The number of pyridine rings is 1. The van der Waals surface area contributed by atoms with Gasteiger partial charge in [0.2, 0.25) is 0 Å². The number of carbonyl (C=O) groups excluding carboxylic acids is 2. The molecule has 0 fully saturated rings. The van der Waals surface area contributed by atoms with Gasteiger partial charge in [0.15, 0.2) is 0 Å². The maximum absolute atomic E-state index is 13.0. The molecule has 1 aromatic heterocycles. The number of rotatable bonds is 8. The Balaban J connectivity index is 1.45. The van der Waals surface area contributed by atoms with Gasteiger partial charge in [0.1, 0.15) is 0 Å². The first kappa shape index (κ1) is 25.6. The summed E-state index contributed by atoms with van der Waals surface area (Å²) in [6, 6.07) is 23.2. The first-order valence-corrected chi connectivity index (χ1v) is 12.9. The summed E-state index contributed by atoms with van der Waals surface area (Å²) in [7, 11) is -2.28. The molecule has 0 bridgehead atoms. The molecule has 3 aromatic carbocycles. The maximum Gasteiger partial charge on any atom is 0.264 e. The van der Waals surface area contributed by atoms with Crippen LogP contribution in [0.1, 0.15) is 31.8 Å². The van der Waals surface area contributed by atoms with E-state index in [0.29, 0.717) is 29.0 Å². The van der Waals surface area contributed by atoms with Gasteiger partial charge < -0.3 is 10.6 Å². The van der Waals surface area contributed by atoms with E-state index in [1.165, 1.54) is 23.5 Å². The highest BCUT2D eigenvalue weighted by atomic mass is 32.2. The van der Waals surface area contributed by atoms with Crippen LogP contribution in [0.25, 0.3) is 0 Å². The Labute approximate surface area is 216 Å². The number of benzene rings is 3.